The van der Waals surface area contributed by atoms with E-state index >= 15 is 0 Å². The molecule has 0 spiro atoms. The van der Waals surface area contributed by atoms with Crippen molar-refractivity contribution < 1.29 is 4.39 Å². The van der Waals surface area contributed by atoms with Gasteiger partial charge in [0, 0.05) is 12.6 Å². The maximum atomic E-state index is 13.7. The predicted octanol–water partition coefficient (Wildman–Crippen LogP) is 2.68. The third kappa shape index (κ3) is 2.68. The summed E-state index contributed by atoms with van der Waals surface area (Å²) in [5.74, 6) is 0.346. The predicted molar refractivity (Wildman–Crippen MR) is 70.0 cm³/mol. The van der Waals surface area contributed by atoms with Crippen LogP contribution in [-0.4, -0.2) is 17.0 Å². The molecule has 0 bridgehead atoms. The summed E-state index contributed by atoms with van der Waals surface area (Å²) in [6, 6.07) is 8.37. The molecule has 1 unspecified atom stereocenters. The Morgan fingerprint density at radius 1 is 1.26 bits per heavy atom. The van der Waals surface area contributed by atoms with Crippen molar-refractivity contribution >= 4 is 5.82 Å². The molecule has 5 heteroatoms. The van der Waals surface area contributed by atoms with E-state index in [1.165, 1.54) is 18.5 Å². The van der Waals surface area contributed by atoms with Crippen LogP contribution in [0.3, 0.4) is 0 Å². The Morgan fingerprint density at radius 3 is 2.58 bits per heavy atom. The van der Waals surface area contributed by atoms with Crippen LogP contribution in [0.25, 0.3) is 0 Å². The number of hydrogen-bond acceptors (Lipinski definition) is 4. The summed E-state index contributed by atoms with van der Waals surface area (Å²) in [4.78, 5) is 9.91. The fourth-order valence-electron chi connectivity index (χ4n) is 1.78. The first kappa shape index (κ1) is 13.0. The van der Waals surface area contributed by atoms with E-state index in [-0.39, 0.29) is 17.6 Å². The van der Waals surface area contributed by atoms with Crippen LogP contribution in [0.4, 0.5) is 10.2 Å². The van der Waals surface area contributed by atoms with Gasteiger partial charge in [0.2, 0.25) is 0 Å². The molecule has 0 saturated carbocycles. The van der Waals surface area contributed by atoms with Gasteiger partial charge in [0.15, 0.2) is 5.69 Å². The van der Waals surface area contributed by atoms with E-state index in [1.807, 2.05) is 24.9 Å². The summed E-state index contributed by atoms with van der Waals surface area (Å²) in [6.07, 6.45) is 2.91. The maximum Gasteiger partial charge on any atom is 0.158 e. The van der Waals surface area contributed by atoms with Crippen molar-refractivity contribution in [3.05, 3.63) is 53.7 Å². The SMILES string of the molecule is CC(c1ccccc1F)N(C)c1cnc(C#N)cn1. The molecule has 0 aliphatic carbocycles. The van der Waals surface area contributed by atoms with E-state index in [2.05, 4.69) is 9.97 Å². The van der Waals surface area contributed by atoms with Crippen LogP contribution in [0.15, 0.2) is 36.7 Å². The molecular formula is C14H13FN4. The Kier molecular flexibility index (Phi) is 3.71. The minimum absolute atomic E-state index is 0.177. The molecule has 0 N–H and O–H groups in total. The standard InChI is InChI=1S/C14H13FN4/c1-10(12-5-3-4-6-13(12)15)19(2)14-9-17-11(7-16)8-18-14/h3-6,8-10H,1-2H3. The van der Waals surface area contributed by atoms with Crippen molar-refractivity contribution in [1.82, 2.24) is 9.97 Å². The topological polar surface area (TPSA) is 52.8 Å². The monoisotopic (exact) mass is 256 g/mol. The van der Waals surface area contributed by atoms with Crippen molar-refractivity contribution in [2.24, 2.45) is 0 Å². The molecule has 0 radical (unpaired) electrons. The molecule has 2 rings (SSSR count). The fourth-order valence-corrected chi connectivity index (χ4v) is 1.78. The van der Waals surface area contributed by atoms with Gasteiger partial charge in [-0.3, -0.25) is 0 Å². The summed E-state index contributed by atoms with van der Waals surface area (Å²) >= 11 is 0. The summed E-state index contributed by atoms with van der Waals surface area (Å²) in [5, 5.41) is 8.67. The van der Waals surface area contributed by atoms with Gasteiger partial charge in [-0.2, -0.15) is 5.26 Å². The van der Waals surface area contributed by atoms with Gasteiger partial charge in [-0.25, -0.2) is 14.4 Å². The highest BCUT2D eigenvalue weighted by atomic mass is 19.1. The number of anilines is 1. The Morgan fingerprint density at radius 2 is 2.00 bits per heavy atom. The van der Waals surface area contributed by atoms with E-state index in [0.717, 1.165) is 0 Å². The number of hydrogen-bond donors (Lipinski definition) is 0. The smallest absolute Gasteiger partial charge is 0.158 e. The fraction of sp³-hybridized carbons (Fsp3) is 0.214. The molecule has 1 atom stereocenters. The third-order valence-corrected chi connectivity index (χ3v) is 3.05. The van der Waals surface area contributed by atoms with Gasteiger partial charge < -0.3 is 4.90 Å². The van der Waals surface area contributed by atoms with E-state index in [4.69, 9.17) is 5.26 Å². The van der Waals surface area contributed by atoms with E-state index in [1.54, 1.807) is 18.2 Å². The number of nitrogens with zero attached hydrogens (tertiary/aromatic N) is 4. The average molecular weight is 256 g/mol. The number of rotatable bonds is 3. The van der Waals surface area contributed by atoms with Gasteiger partial charge in [-0.15, -0.1) is 0 Å². The summed E-state index contributed by atoms with van der Waals surface area (Å²) in [7, 11) is 1.81. The van der Waals surface area contributed by atoms with E-state index in [0.29, 0.717) is 11.4 Å². The Labute approximate surface area is 111 Å². The summed E-state index contributed by atoms with van der Waals surface area (Å²) < 4.78 is 13.7. The molecule has 4 nitrogen and oxygen atoms in total. The Bertz CT molecular complexity index is 604. The largest absolute Gasteiger partial charge is 0.352 e. The minimum Gasteiger partial charge on any atom is -0.352 e. The first-order chi connectivity index (χ1) is 9.13. The number of aromatic nitrogens is 2. The van der Waals surface area contributed by atoms with Crippen LogP contribution in [0, 0.1) is 17.1 Å². The molecular weight excluding hydrogens is 243 g/mol. The lowest BCUT2D eigenvalue weighted by Crippen LogP contribution is -2.23. The molecule has 0 saturated heterocycles. The highest BCUT2D eigenvalue weighted by Gasteiger charge is 2.16. The van der Waals surface area contributed by atoms with Crippen molar-refractivity contribution in [3.63, 3.8) is 0 Å². The van der Waals surface area contributed by atoms with Gasteiger partial charge in [0.1, 0.15) is 17.7 Å². The second kappa shape index (κ2) is 5.44. The van der Waals surface area contributed by atoms with E-state index < -0.39 is 0 Å². The number of halogens is 1. The Hall–Kier alpha value is -2.48. The maximum absolute atomic E-state index is 13.7. The van der Waals surface area contributed by atoms with Crippen LogP contribution in [0.5, 0.6) is 0 Å². The van der Waals surface area contributed by atoms with Crippen LogP contribution < -0.4 is 4.90 Å². The lowest BCUT2D eigenvalue weighted by molar-refractivity contribution is 0.584. The lowest BCUT2D eigenvalue weighted by atomic mass is 10.1. The van der Waals surface area contributed by atoms with Crippen molar-refractivity contribution in [2.45, 2.75) is 13.0 Å². The molecule has 1 aromatic heterocycles. The molecule has 19 heavy (non-hydrogen) atoms. The molecule has 0 aliphatic heterocycles. The molecule has 1 heterocycles. The van der Waals surface area contributed by atoms with Crippen molar-refractivity contribution in [3.8, 4) is 6.07 Å². The first-order valence-corrected chi connectivity index (χ1v) is 5.83. The molecule has 0 aliphatic rings. The molecule has 96 valence electrons. The third-order valence-electron chi connectivity index (χ3n) is 3.05. The first-order valence-electron chi connectivity index (χ1n) is 5.83. The highest BCUT2D eigenvalue weighted by molar-refractivity contribution is 5.40. The van der Waals surface area contributed by atoms with Crippen molar-refractivity contribution in [1.29, 1.82) is 5.26 Å². The van der Waals surface area contributed by atoms with Crippen LogP contribution in [0.1, 0.15) is 24.2 Å². The number of nitriles is 1. The van der Waals surface area contributed by atoms with Gasteiger partial charge in [0.05, 0.1) is 18.4 Å². The second-order valence-corrected chi connectivity index (χ2v) is 4.18. The van der Waals surface area contributed by atoms with Crippen molar-refractivity contribution in [2.75, 3.05) is 11.9 Å². The van der Waals surface area contributed by atoms with Crippen LogP contribution in [0.2, 0.25) is 0 Å². The highest BCUT2D eigenvalue weighted by Crippen LogP contribution is 2.24. The molecule has 0 fully saturated rings. The van der Waals surface area contributed by atoms with Gasteiger partial charge in [-0.1, -0.05) is 18.2 Å². The average Bonchev–Trinajstić information content (AvgIpc) is 2.46. The molecule has 0 amide bonds. The van der Waals surface area contributed by atoms with Crippen LogP contribution >= 0.6 is 0 Å². The lowest BCUT2D eigenvalue weighted by Gasteiger charge is -2.26. The van der Waals surface area contributed by atoms with E-state index in [9.17, 15) is 4.39 Å². The zero-order chi connectivity index (χ0) is 13.8. The summed E-state index contributed by atoms with van der Waals surface area (Å²) in [5.41, 5.74) is 0.854. The quantitative estimate of drug-likeness (QED) is 0.847. The zero-order valence-electron chi connectivity index (χ0n) is 10.7. The second-order valence-electron chi connectivity index (χ2n) is 4.18. The Balaban J connectivity index is 2.26. The minimum atomic E-state index is -0.247. The van der Waals surface area contributed by atoms with Gasteiger partial charge in [0.25, 0.3) is 0 Å². The molecule has 1 aromatic carbocycles. The summed E-state index contributed by atoms with van der Waals surface area (Å²) in [6.45, 7) is 1.89. The van der Waals surface area contributed by atoms with Crippen LogP contribution in [-0.2, 0) is 0 Å². The number of benzene rings is 1. The normalized spacial score (nSPS) is 11.7. The van der Waals surface area contributed by atoms with Gasteiger partial charge in [-0.05, 0) is 13.0 Å². The zero-order valence-corrected chi connectivity index (χ0v) is 10.7. The molecule has 2 aromatic rings. The van der Waals surface area contributed by atoms with Gasteiger partial charge >= 0.3 is 0 Å².